The van der Waals surface area contributed by atoms with Crippen molar-refractivity contribution in [2.45, 2.75) is 65.2 Å². The molecule has 0 aliphatic carbocycles. The summed E-state index contributed by atoms with van der Waals surface area (Å²) in [6.45, 7) is 3.61. The predicted molar refractivity (Wildman–Crippen MR) is 102 cm³/mol. The summed E-state index contributed by atoms with van der Waals surface area (Å²) in [4.78, 5) is 52.2. The molecule has 0 spiro atoms. The molecule has 1 aliphatic heterocycles. The van der Waals surface area contributed by atoms with Crippen molar-refractivity contribution in [2.75, 3.05) is 6.61 Å². The minimum Gasteiger partial charge on any atom is -0.462 e. The van der Waals surface area contributed by atoms with Gasteiger partial charge in [0.15, 0.2) is 0 Å². The van der Waals surface area contributed by atoms with Crippen LogP contribution in [0.25, 0.3) is 0 Å². The second kappa shape index (κ2) is 10.6. The third-order valence-corrected chi connectivity index (χ3v) is 4.54. The van der Waals surface area contributed by atoms with Gasteiger partial charge < -0.3 is 9.57 Å². The number of unbranched alkanes of at least 4 members (excludes halogenated alkanes) is 7. The van der Waals surface area contributed by atoms with Crippen LogP contribution in [0.2, 0.25) is 0 Å². The molecule has 0 N–H and O–H groups in total. The SMILES string of the molecule is CCCCCCCCCCOC(=O)c1ccc2c(c1)C(=O)N(OC(C)=O)C2=O. The number of carbonyl (C=O) groups is 4. The molecule has 152 valence electrons. The van der Waals surface area contributed by atoms with E-state index in [2.05, 4.69) is 11.8 Å². The summed E-state index contributed by atoms with van der Waals surface area (Å²) in [6, 6.07) is 4.10. The predicted octanol–water partition coefficient (Wildman–Crippen LogP) is 4.06. The van der Waals surface area contributed by atoms with Crippen molar-refractivity contribution in [2.24, 2.45) is 0 Å². The van der Waals surface area contributed by atoms with Gasteiger partial charge in [-0.25, -0.2) is 9.59 Å². The van der Waals surface area contributed by atoms with Crippen LogP contribution in [0.5, 0.6) is 0 Å². The Hall–Kier alpha value is -2.70. The molecule has 1 aliphatic rings. The van der Waals surface area contributed by atoms with Gasteiger partial charge in [-0.05, 0) is 24.6 Å². The molecular formula is C21H27NO6. The summed E-state index contributed by atoms with van der Waals surface area (Å²) in [5.41, 5.74) is 0.294. The van der Waals surface area contributed by atoms with Gasteiger partial charge in [-0.1, -0.05) is 56.9 Å². The topological polar surface area (TPSA) is 90.0 Å². The Morgan fingerprint density at radius 1 is 0.893 bits per heavy atom. The van der Waals surface area contributed by atoms with Gasteiger partial charge in [0.1, 0.15) is 0 Å². The lowest BCUT2D eigenvalue weighted by Gasteiger charge is -2.10. The number of amides is 2. The highest BCUT2D eigenvalue weighted by molar-refractivity contribution is 6.21. The summed E-state index contributed by atoms with van der Waals surface area (Å²) in [6.07, 6.45) is 9.18. The first-order valence-corrected chi connectivity index (χ1v) is 9.84. The Bertz CT molecular complexity index is 742. The average Bonchev–Trinajstić information content (AvgIpc) is 2.90. The zero-order valence-electron chi connectivity index (χ0n) is 16.5. The van der Waals surface area contributed by atoms with Gasteiger partial charge in [0, 0.05) is 6.92 Å². The van der Waals surface area contributed by atoms with Crippen molar-refractivity contribution in [3.05, 3.63) is 34.9 Å². The van der Waals surface area contributed by atoms with E-state index in [0.717, 1.165) is 26.2 Å². The number of hydroxylamine groups is 2. The number of hydrogen-bond donors (Lipinski definition) is 0. The molecule has 0 aromatic heterocycles. The highest BCUT2D eigenvalue weighted by atomic mass is 16.7. The molecule has 7 heteroatoms. The molecule has 2 amide bonds. The maximum Gasteiger partial charge on any atom is 0.338 e. The molecule has 0 bridgehead atoms. The van der Waals surface area contributed by atoms with E-state index in [4.69, 9.17) is 4.74 Å². The fraction of sp³-hybridized carbons (Fsp3) is 0.524. The molecule has 1 aromatic carbocycles. The number of hydrogen-bond acceptors (Lipinski definition) is 6. The Labute approximate surface area is 164 Å². The largest absolute Gasteiger partial charge is 0.462 e. The summed E-state index contributed by atoms with van der Waals surface area (Å²) >= 11 is 0. The Kier molecular flexibility index (Phi) is 8.17. The van der Waals surface area contributed by atoms with Crippen LogP contribution >= 0.6 is 0 Å². The van der Waals surface area contributed by atoms with E-state index < -0.39 is 23.8 Å². The fourth-order valence-electron chi connectivity index (χ4n) is 3.04. The van der Waals surface area contributed by atoms with E-state index in [0.29, 0.717) is 11.7 Å². The van der Waals surface area contributed by atoms with Gasteiger partial charge in [0.25, 0.3) is 11.8 Å². The molecule has 0 saturated heterocycles. The van der Waals surface area contributed by atoms with Crippen molar-refractivity contribution in [1.29, 1.82) is 0 Å². The number of carbonyl (C=O) groups excluding carboxylic acids is 4. The van der Waals surface area contributed by atoms with Gasteiger partial charge in [0.2, 0.25) is 0 Å². The minimum atomic E-state index is -0.778. The van der Waals surface area contributed by atoms with Gasteiger partial charge >= 0.3 is 11.9 Å². The van der Waals surface area contributed by atoms with Gasteiger partial charge in [-0.15, -0.1) is 0 Å². The molecule has 28 heavy (non-hydrogen) atoms. The Balaban J connectivity index is 1.80. The number of ether oxygens (including phenoxy) is 1. The Morgan fingerprint density at radius 3 is 2.14 bits per heavy atom. The van der Waals surface area contributed by atoms with Gasteiger partial charge in [0.05, 0.1) is 23.3 Å². The number of benzene rings is 1. The van der Waals surface area contributed by atoms with E-state index in [1.807, 2.05) is 0 Å². The number of rotatable bonds is 11. The van der Waals surface area contributed by atoms with Crippen molar-refractivity contribution in [3.63, 3.8) is 0 Å². The highest BCUT2D eigenvalue weighted by Crippen LogP contribution is 2.24. The zero-order valence-corrected chi connectivity index (χ0v) is 16.5. The third-order valence-electron chi connectivity index (χ3n) is 4.54. The van der Waals surface area contributed by atoms with Crippen LogP contribution < -0.4 is 0 Å². The van der Waals surface area contributed by atoms with E-state index in [-0.39, 0.29) is 16.7 Å². The summed E-state index contributed by atoms with van der Waals surface area (Å²) in [7, 11) is 0. The third kappa shape index (κ3) is 5.65. The number of esters is 1. The van der Waals surface area contributed by atoms with Crippen LogP contribution in [0.4, 0.5) is 0 Å². The van der Waals surface area contributed by atoms with Crippen molar-refractivity contribution in [3.8, 4) is 0 Å². The lowest BCUT2D eigenvalue weighted by molar-refractivity contribution is -0.165. The molecule has 2 rings (SSSR count). The van der Waals surface area contributed by atoms with Crippen LogP contribution in [-0.2, 0) is 14.4 Å². The highest BCUT2D eigenvalue weighted by Gasteiger charge is 2.39. The summed E-state index contributed by atoms with van der Waals surface area (Å²) < 4.78 is 5.25. The van der Waals surface area contributed by atoms with E-state index in [9.17, 15) is 19.2 Å². The monoisotopic (exact) mass is 389 g/mol. The smallest absolute Gasteiger partial charge is 0.338 e. The first kappa shape index (κ1) is 21.6. The quantitative estimate of drug-likeness (QED) is 0.322. The molecule has 0 unspecified atom stereocenters. The van der Waals surface area contributed by atoms with Crippen LogP contribution in [0, 0.1) is 0 Å². The molecule has 0 radical (unpaired) electrons. The summed E-state index contributed by atoms with van der Waals surface area (Å²) in [5.74, 6) is -2.82. The maximum absolute atomic E-state index is 12.2. The standard InChI is InChI=1S/C21H27NO6/c1-3-4-5-6-7-8-9-10-13-27-21(26)16-11-12-17-18(14-16)20(25)22(19(17)24)28-15(2)23/h11-12,14H,3-10,13H2,1-2H3. The number of fused-ring (bicyclic) bond motifs is 1. The second-order valence-corrected chi connectivity index (χ2v) is 6.86. The fourth-order valence-corrected chi connectivity index (χ4v) is 3.04. The van der Waals surface area contributed by atoms with Gasteiger partial charge in [-0.3, -0.25) is 9.59 Å². The molecule has 1 aromatic rings. The first-order valence-electron chi connectivity index (χ1n) is 9.84. The van der Waals surface area contributed by atoms with Crippen LogP contribution in [-0.4, -0.2) is 35.4 Å². The van der Waals surface area contributed by atoms with Gasteiger partial charge in [-0.2, -0.15) is 0 Å². The minimum absolute atomic E-state index is 0.0211. The molecule has 0 fully saturated rings. The molecule has 0 saturated carbocycles. The van der Waals surface area contributed by atoms with Crippen molar-refractivity contribution >= 4 is 23.8 Å². The Morgan fingerprint density at radius 2 is 1.50 bits per heavy atom. The lowest BCUT2D eigenvalue weighted by atomic mass is 10.1. The van der Waals surface area contributed by atoms with E-state index >= 15 is 0 Å². The van der Waals surface area contributed by atoms with Crippen molar-refractivity contribution in [1.82, 2.24) is 5.06 Å². The molecule has 7 nitrogen and oxygen atoms in total. The molecule has 1 heterocycles. The van der Waals surface area contributed by atoms with Crippen LogP contribution in [0.1, 0.15) is 96.3 Å². The second-order valence-electron chi connectivity index (χ2n) is 6.86. The van der Waals surface area contributed by atoms with Crippen molar-refractivity contribution < 1.29 is 28.8 Å². The number of imide groups is 1. The zero-order chi connectivity index (χ0) is 20.5. The van der Waals surface area contributed by atoms with E-state index in [1.54, 1.807) is 0 Å². The van der Waals surface area contributed by atoms with E-state index in [1.165, 1.54) is 50.3 Å². The van der Waals surface area contributed by atoms with Crippen LogP contribution in [0.15, 0.2) is 18.2 Å². The average molecular weight is 389 g/mol. The normalized spacial score (nSPS) is 12.9. The van der Waals surface area contributed by atoms with Crippen LogP contribution in [0.3, 0.4) is 0 Å². The molecular weight excluding hydrogens is 362 g/mol. The first-order chi connectivity index (χ1) is 13.5. The number of nitrogens with zero attached hydrogens (tertiary/aromatic N) is 1. The maximum atomic E-state index is 12.2. The lowest BCUT2D eigenvalue weighted by Crippen LogP contribution is -2.31. The summed E-state index contributed by atoms with van der Waals surface area (Å²) in [5, 5.41) is 0.405. The molecule has 0 atom stereocenters.